The zero-order valence-corrected chi connectivity index (χ0v) is 15.9. The third kappa shape index (κ3) is 3.36. The van der Waals surface area contributed by atoms with E-state index in [0.717, 1.165) is 49.2 Å². The highest BCUT2D eigenvalue weighted by atomic mass is 16.2. The van der Waals surface area contributed by atoms with Crippen molar-refractivity contribution in [2.24, 2.45) is 0 Å². The first-order valence-corrected chi connectivity index (χ1v) is 9.78. The van der Waals surface area contributed by atoms with Crippen molar-refractivity contribution in [2.75, 3.05) is 18.4 Å². The van der Waals surface area contributed by atoms with E-state index in [2.05, 4.69) is 22.4 Å². The Balaban J connectivity index is 1.39. The molecule has 0 radical (unpaired) electrons. The number of H-pyrrole nitrogens is 1. The molecule has 1 aromatic carbocycles. The van der Waals surface area contributed by atoms with Gasteiger partial charge >= 0.3 is 0 Å². The molecule has 2 aliphatic heterocycles. The van der Waals surface area contributed by atoms with Crippen molar-refractivity contribution in [3.63, 3.8) is 0 Å². The molecule has 0 spiro atoms. The van der Waals surface area contributed by atoms with Gasteiger partial charge in [-0.1, -0.05) is 24.6 Å². The van der Waals surface area contributed by atoms with E-state index in [9.17, 15) is 9.59 Å². The molecular weight excluding hydrogens is 340 g/mol. The van der Waals surface area contributed by atoms with Crippen molar-refractivity contribution >= 4 is 17.5 Å². The summed E-state index contributed by atoms with van der Waals surface area (Å²) in [5.41, 5.74) is 5.40. The van der Waals surface area contributed by atoms with E-state index in [0.29, 0.717) is 5.92 Å². The summed E-state index contributed by atoms with van der Waals surface area (Å²) in [6, 6.07) is 5.92. The Labute approximate surface area is 159 Å². The molecule has 1 atom stereocenters. The number of carbonyl (C=O) groups excluding carboxylic acids is 2. The van der Waals surface area contributed by atoms with Gasteiger partial charge in [0, 0.05) is 36.8 Å². The number of likely N-dealkylation sites (tertiary alicyclic amines) is 1. The van der Waals surface area contributed by atoms with Crippen molar-refractivity contribution in [3.8, 4) is 0 Å². The molecule has 2 aromatic rings. The number of nitrogens with one attached hydrogen (secondary N) is 2. The van der Waals surface area contributed by atoms with Crippen LogP contribution in [0.25, 0.3) is 0 Å². The highest BCUT2D eigenvalue weighted by Crippen LogP contribution is 2.36. The van der Waals surface area contributed by atoms with Gasteiger partial charge in [-0.15, -0.1) is 0 Å². The number of nitrogens with zero attached hydrogens (tertiary/aromatic N) is 2. The van der Waals surface area contributed by atoms with Crippen LogP contribution < -0.4 is 5.32 Å². The number of aromatic amines is 1. The van der Waals surface area contributed by atoms with Gasteiger partial charge in [0.2, 0.25) is 11.8 Å². The molecule has 0 aliphatic carbocycles. The number of piperidine rings is 1. The molecule has 3 heterocycles. The van der Waals surface area contributed by atoms with Gasteiger partial charge < -0.3 is 10.2 Å². The molecule has 1 fully saturated rings. The first-order valence-electron chi connectivity index (χ1n) is 9.78. The molecule has 27 heavy (non-hydrogen) atoms. The number of aryl methyl sites for hydroxylation is 2. The molecule has 6 heteroatoms. The summed E-state index contributed by atoms with van der Waals surface area (Å²) in [6.45, 7) is 5.62. The summed E-state index contributed by atoms with van der Waals surface area (Å²) in [6.07, 6.45) is 5.00. The summed E-state index contributed by atoms with van der Waals surface area (Å²) in [7, 11) is 0. The largest absolute Gasteiger partial charge is 0.343 e. The maximum absolute atomic E-state index is 12.8. The van der Waals surface area contributed by atoms with E-state index in [1.807, 2.05) is 36.2 Å². The highest BCUT2D eigenvalue weighted by molar-refractivity contribution is 6.05. The van der Waals surface area contributed by atoms with Crippen LogP contribution in [0.1, 0.15) is 60.4 Å². The minimum atomic E-state index is -0.371. The molecule has 2 amide bonds. The Morgan fingerprint density at radius 1 is 1.30 bits per heavy atom. The predicted octanol–water partition coefficient (Wildman–Crippen LogP) is 3.11. The van der Waals surface area contributed by atoms with Gasteiger partial charge in [-0.05, 0) is 43.4 Å². The van der Waals surface area contributed by atoms with Crippen molar-refractivity contribution in [3.05, 3.63) is 46.8 Å². The molecule has 6 nitrogen and oxygen atoms in total. The molecule has 1 aromatic heterocycles. The second-order valence-corrected chi connectivity index (χ2v) is 7.65. The number of amides is 2. The summed E-state index contributed by atoms with van der Waals surface area (Å²) in [5, 5.41) is 10.2. The lowest BCUT2D eigenvalue weighted by Gasteiger charge is -2.32. The normalized spacial score (nSPS) is 19.9. The van der Waals surface area contributed by atoms with Gasteiger partial charge in [-0.25, -0.2) is 0 Å². The van der Waals surface area contributed by atoms with E-state index >= 15 is 0 Å². The zero-order valence-electron chi connectivity index (χ0n) is 15.9. The van der Waals surface area contributed by atoms with Gasteiger partial charge in [0.05, 0.1) is 12.1 Å². The second kappa shape index (κ2) is 7.18. The van der Waals surface area contributed by atoms with Gasteiger partial charge in [0.25, 0.3) is 0 Å². The number of benzene rings is 1. The number of fused-ring (bicyclic) bond motifs is 1. The maximum Gasteiger partial charge on any atom is 0.232 e. The topological polar surface area (TPSA) is 78.1 Å². The number of hydrogen-bond donors (Lipinski definition) is 2. The molecule has 142 valence electrons. The summed E-state index contributed by atoms with van der Waals surface area (Å²) < 4.78 is 0. The quantitative estimate of drug-likeness (QED) is 0.873. The molecule has 4 rings (SSSR count). The van der Waals surface area contributed by atoms with Gasteiger partial charge in [0.15, 0.2) is 0 Å². The van der Waals surface area contributed by atoms with E-state index in [1.165, 1.54) is 11.3 Å². The van der Waals surface area contributed by atoms with Gasteiger partial charge in [-0.2, -0.15) is 5.10 Å². The van der Waals surface area contributed by atoms with Gasteiger partial charge in [-0.3, -0.25) is 14.7 Å². The summed E-state index contributed by atoms with van der Waals surface area (Å²) >= 11 is 0. The van der Waals surface area contributed by atoms with Crippen LogP contribution in [0.4, 0.5) is 5.69 Å². The van der Waals surface area contributed by atoms with Crippen molar-refractivity contribution in [1.29, 1.82) is 0 Å². The molecule has 0 saturated carbocycles. The Morgan fingerprint density at radius 2 is 2.07 bits per heavy atom. The van der Waals surface area contributed by atoms with Crippen LogP contribution in [0.5, 0.6) is 0 Å². The first-order chi connectivity index (χ1) is 13.1. The molecular formula is C21H26N4O2. The summed E-state index contributed by atoms with van der Waals surface area (Å²) in [5.74, 6) is 0.0706. The first kappa shape index (κ1) is 17.8. The second-order valence-electron chi connectivity index (χ2n) is 7.65. The van der Waals surface area contributed by atoms with Crippen LogP contribution in [-0.4, -0.2) is 40.0 Å². The third-order valence-electron chi connectivity index (χ3n) is 5.92. The Bertz CT molecular complexity index is 865. The lowest BCUT2D eigenvalue weighted by molar-refractivity contribution is -0.134. The number of aromatic nitrogens is 2. The standard InChI is InChI=1S/C21H26N4O2/c1-3-14-12-22-24-20(14)15-6-8-25(9-7-15)19(26)11-17-16-10-13(2)4-5-18(16)23-21(17)27/h4-5,10,12,15,17H,3,6-9,11H2,1-2H3,(H,22,24)(H,23,27). The number of anilines is 1. The van der Waals surface area contributed by atoms with Crippen molar-refractivity contribution in [1.82, 2.24) is 15.1 Å². The fourth-order valence-electron chi connectivity index (χ4n) is 4.33. The Hall–Kier alpha value is -2.63. The SMILES string of the molecule is CCc1cn[nH]c1C1CCN(C(=O)CC2C(=O)Nc3ccc(C)cc32)CC1. The van der Waals surface area contributed by atoms with Crippen LogP contribution in [0.2, 0.25) is 0 Å². The monoisotopic (exact) mass is 366 g/mol. The van der Waals surface area contributed by atoms with Crippen LogP contribution in [0, 0.1) is 6.92 Å². The van der Waals surface area contributed by atoms with Crippen LogP contribution in [-0.2, 0) is 16.0 Å². The minimum absolute atomic E-state index is 0.0658. The smallest absolute Gasteiger partial charge is 0.232 e. The molecule has 2 aliphatic rings. The average Bonchev–Trinajstić information content (AvgIpc) is 3.27. The van der Waals surface area contributed by atoms with Crippen LogP contribution in [0.3, 0.4) is 0 Å². The van der Waals surface area contributed by atoms with E-state index in [4.69, 9.17) is 0 Å². The molecule has 1 saturated heterocycles. The molecule has 2 N–H and O–H groups in total. The average molecular weight is 366 g/mol. The number of hydrogen-bond acceptors (Lipinski definition) is 3. The molecule has 0 bridgehead atoms. The Morgan fingerprint density at radius 3 is 2.81 bits per heavy atom. The third-order valence-corrected chi connectivity index (χ3v) is 5.92. The fraction of sp³-hybridized carbons (Fsp3) is 0.476. The van der Waals surface area contributed by atoms with E-state index in [-0.39, 0.29) is 24.2 Å². The highest BCUT2D eigenvalue weighted by Gasteiger charge is 2.34. The van der Waals surface area contributed by atoms with Crippen LogP contribution in [0.15, 0.2) is 24.4 Å². The number of carbonyl (C=O) groups is 2. The fourth-order valence-corrected chi connectivity index (χ4v) is 4.33. The molecule has 1 unspecified atom stereocenters. The lowest BCUT2D eigenvalue weighted by Crippen LogP contribution is -2.39. The van der Waals surface area contributed by atoms with Gasteiger partial charge in [0.1, 0.15) is 0 Å². The minimum Gasteiger partial charge on any atom is -0.343 e. The maximum atomic E-state index is 12.8. The number of rotatable bonds is 4. The van der Waals surface area contributed by atoms with E-state index < -0.39 is 0 Å². The summed E-state index contributed by atoms with van der Waals surface area (Å²) in [4.78, 5) is 27.1. The van der Waals surface area contributed by atoms with Crippen LogP contribution >= 0.6 is 0 Å². The van der Waals surface area contributed by atoms with E-state index in [1.54, 1.807) is 0 Å². The zero-order chi connectivity index (χ0) is 19.0. The predicted molar refractivity (Wildman–Crippen MR) is 104 cm³/mol. The Kier molecular flexibility index (Phi) is 4.72. The van der Waals surface area contributed by atoms with Crippen molar-refractivity contribution < 1.29 is 9.59 Å². The van der Waals surface area contributed by atoms with Crippen molar-refractivity contribution in [2.45, 2.75) is 51.4 Å². The lowest BCUT2D eigenvalue weighted by atomic mass is 9.90.